The van der Waals surface area contributed by atoms with Gasteiger partial charge in [0.2, 0.25) is 0 Å². The summed E-state index contributed by atoms with van der Waals surface area (Å²) in [6.07, 6.45) is 64.1. The van der Waals surface area contributed by atoms with Crippen LogP contribution in [0.15, 0.2) is 97.2 Å². The maximum Gasteiger partial charge on any atom is 0.306 e. The average molecular weight is 805 g/mol. The summed E-state index contributed by atoms with van der Waals surface area (Å²) in [7, 11) is 0. The van der Waals surface area contributed by atoms with Crippen molar-refractivity contribution in [3.05, 3.63) is 97.2 Å². The van der Waals surface area contributed by atoms with Crippen LogP contribution in [0.25, 0.3) is 0 Å². The van der Waals surface area contributed by atoms with Crippen LogP contribution in [-0.4, -0.2) is 37.9 Å². The summed E-state index contributed by atoms with van der Waals surface area (Å²) < 4.78 is 17.3. The van der Waals surface area contributed by atoms with Gasteiger partial charge in [0.15, 0.2) is 6.10 Å². The van der Waals surface area contributed by atoms with Crippen LogP contribution in [0, 0.1) is 0 Å². The summed E-state index contributed by atoms with van der Waals surface area (Å²) in [5.41, 5.74) is 0. The fraction of sp³-hybridized carbons (Fsp3) is 0.660. The van der Waals surface area contributed by atoms with E-state index in [0.717, 1.165) is 116 Å². The van der Waals surface area contributed by atoms with Gasteiger partial charge in [0.05, 0.1) is 6.61 Å². The van der Waals surface area contributed by atoms with Crippen LogP contribution in [0.4, 0.5) is 0 Å². The van der Waals surface area contributed by atoms with Crippen molar-refractivity contribution in [2.24, 2.45) is 0 Å². The quantitative estimate of drug-likeness (QED) is 0.0349. The number of rotatable bonds is 42. The molecule has 0 bridgehead atoms. The third kappa shape index (κ3) is 45.5. The highest BCUT2D eigenvalue weighted by atomic mass is 16.6. The van der Waals surface area contributed by atoms with Crippen molar-refractivity contribution in [1.82, 2.24) is 0 Å². The molecule has 0 rings (SSSR count). The molecule has 58 heavy (non-hydrogen) atoms. The molecule has 0 amide bonds. The number of unbranched alkanes of at least 4 members (excludes halogenated alkanes) is 15. The molecule has 0 heterocycles. The molecule has 0 fully saturated rings. The number of allylic oxidation sites excluding steroid dienone is 16. The van der Waals surface area contributed by atoms with E-state index in [1.54, 1.807) is 0 Å². The number of carbonyl (C=O) groups is 2. The number of esters is 2. The van der Waals surface area contributed by atoms with Crippen LogP contribution >= 0.6 is 0 Å². The minimum Gasteiger partial charge on any atom is -0.462 e. The van der Waals surface area contributed by atoms with Crippen molar-refractivity contribution in [1.29, 1.82) is 0 Å². The van der Waals surface area contributed by atoms with Gasteiger partial charge in [-0.2, -0.15) is 0 Å². The second-order valence-corrected chi connectivity index (χ2v) is 15.3. The van der Waals surface area contributed by atoms with Crippen molar-refractivity contribution in [3.8, 4) is 0 Å². The molecule has 0 aromatic heterocycles. The lowest BCUT2D eigenvalue weighted by atomic mass is 10.1. The minimum absolute atomic E-state index is 0.0519. The second-order valence-electron chi connectivity index (χ2n) is 15.3. The molecule has 5 heteroatoms. The SMILES string of the molecule is CC/C=C\C/C=C\C/C=C\C/C=C\C/C=C\CCCCOCC(COC(=O)CCCCCCC/C=C\C/C=C\CCC)OC(=O)CCCCCCC/C=C\CCCC. The fourth-order valence-corrected chi connectivity index (χ4v) is 6.02. The summed E-state index contributed by atoms with van der Waals surface area (Å²) in [4.78, 5) is 25.3. The second kappa shape index (κ2) is 48.2. The van der Waals surface area contributed by atoms with E-state index in [2.05, 4.69) is 118 Å². The largest absolute Gasteiger partial charge is 0.462 e. The molecule has 0 aromatic carbocycles. The van der Waals surface area contributed by atoms with Crippen LogP contribution < -0.4 is 0 Å². The Balaban J connectivity index is 4.38. The third-order valence-electron chi connectivity index (χ3n) is 9.55. The van der Waals surface area contributed by atoms with E-state index in [-0.39, 0.29) is 25.2 Å². The Hall–Kier alpha value is -3.18. The van der Waals surface area contributed by atoms with E-state index < -0.39 is 6.10 Å². The van der Waals surface area contributed by atoms with E-state index in [1.165, 1.54) is 51.4 Å². The molecule has 330 valence electrons. The molecule has 0 aromatic rings. The lowest BCUT2D eigenvalue weighted by molar-refractivity contribution is -0.163. The standard InChI is InChI=1S/C53H88O5/c1-4-7-10-13-16-19-22-24-25-26-27-28-30-33-36-39-42-45-48-56-49-51(58-53(55)47-44-41-38-35-31-21-18-15-12-9-6-3)50-57-52(54)46-43-40-37-34-32-29-23-20-17-14-11-8-5-2/h7,10-11,14-16,18-20,23-25,27-28,33,36,51H,4-6,8-9,12-13,17,21-22,26,29-32,34-35,37-50H2,1-3H3/b10-7-,14-11-,18-15-,19-16-,23-20-,25-24-,28-27-,36-33-. The Labute approximate surface area is 358 Å². The number of hydrogen-bond donors (Lipinski definition) is 0. The van der Waals surface area contributed by atoms with E-state index in [1.807, 2.05) is 0 Å². The van der Waals surface area contributed by atoms with Gasteiger partial charge >= 0.3 is 11.9 Å². The first-order valence-electron chi connectivity index (χ1n) is 23.8. The summed E-state index contributed by atoms with van der Waals surface area (Å²) in [5, 5.41) is 0. The van der Waals surface area contributed by atoms with Gasteiger partial charge in [-0.15, -0.1) is 0 Å². The maximum atomic E-state index is 12.7. The van der Waals surface area contributed by atoms with Gasteiger partial charge < -0.3 is 14.2 Å². The highest BCUT2D eigenvalue weighted by Crippen LogP contribution is 2.12. The molecule has 0 saturated carbocycles. The third-order valence-corrected chi connectivity index (χ3v) is 9.55. The van der Waals surface area contributed by atoms with Crippen LogP contribution in [0.5, 0.6) is 0 Å². The molecule has 0 radical (unpaired) electrons. The van der Waals surface area contributed by atoms with Gasteiger partial charge in [0.25, 0.3) is 0 Å². The molecule has 1 atom stereocenters. The molecule has 0 N–H and O–H groups in total. The lowest BCUT2D eigenvalue weighted by Gasteiger charge is -2.18. The number of carbonyl (C=O) groups excluding carboxylic acids is 2. The Kier molecular flexibility index (Phi) is 45.5. The van der Waals surface area contributed by atoms with Crippen molar-refractivity contribution >= 4 is 11.9 Å². The lowest BCUT2D eigenvalue weighted by Crippen LogP contribution is -2.30. The summed E-state index contributed by atoms with van der Waals surface area (Å²) in [6, 6.07) is 0. The zero-order chi connectivity index (χ0) is 42.1. The molecule has 0 saturated heterocycles. The molecule has 0 aliphatic heterocycles. The average Bonchev–Trinajstić information content (AvgIpc) is 3.22. The normalized spacial score (nSPS) is 13.1. The van der Waals surface area contributed by atoms with Gasteiger partial charge in [0, 0.05) is 19.4 Å². The monoisotopic (exact) mass is 805 g/mol. The van der Waals surface area contributed by atoms with Crippen LogP contribution in [0.1, 0.15) is 201 Å². The van der Waals surface area contributed by atoms with Crippen molar-refractivity contribution in [2.45, 2.75) is 207 Å². The first-order chi connectivity index (χ1) is 28.6. The topological polar surface area (TPSA) is 61.8 Å². The van der Waals surface area contributed by atoms with Gasteiger partial charge in [-0.3, -0.25) is 9.59 Å². The number of hydrogen-bond acceptors (Lipinski definition) is 5. The minimum atomic E-state index is -0.572. The maximum absolute atomic E-state index is 12.7. The molecular formula is C53H88O5. The predicted molar refractivity (Wildman–Crippen MR) is 251 cm³/mol. The van der Waals surface area contributed by atoms with Gasteiger partial charge in [0.1, 0.15) is 6.61 Å². The van der Waals surface area contributed by atoms with E-state index >= 15 is 0 Å². The van der Waals surface area contributed by atoms with Gasteiger partial charge in [-0.05, 0) is 109 Å². The van der Waals surface area contributed by atoms with E-state index in [0.29, 0.717) is 19.4 Å². The fourth-order valence-electron chi connectivity index (χ4n) is 6.02. The molecule has 5 nitrogen and oxygen atoms in total. The highest BCUT2D eigenvalue weighted by Gasteiger charge is 2.17. The van der Waals surface area contributed by atoms with Crippen molar-refractivity contribution in [2.75, 3.05) is 19.8 Å². The Morgan fingerprint density at radius 2 is 0.810 bits per heavy atom. The Morgan fingerprint density at radius 1 is 0.397 bits per heavy atom. The van der Waals surface area contributed by atoms with E-state index in [9.17, 15) is 9.59 Å². The van der Waals surface area contributed by atoms with Crippen LogP contribution in [-0.2, 0) is 23.8 Å². The smallest absolute Gasteiger partial charge is 0.306 e. The molecule has 1 unspecified atom stereocenters. The first-order valence-corrected chi connectivity index (χ1v) is 23.8. The first kappa shape index (κ1) is 54.8. The predicted octanol–water partition coefficient (Wildman–Crippen LogP) is 15.9. The van der Waals surface area contributed by atoms with Crippen molar-refractivity contribution in [3.63, 3.8) is 0 Å². The highest BCUT2D eigenvalue weighted by molar-refractivity contribution is 5.70. The van der Waals surface area contributed by atoms with Gasteiger partial charge in [-0.25, -0.2) is 0 Å². The molecular weight excluding hydrogens is 717 g/mol. The van der Waals surface area contributed by atoms with Crippen molar-refractivity contribution < 1.29 is 23.8 Å². The summed E-state index contributed by atoms with van der Waals surface area (Å²) in [6.45, 7) is 7.47. The molecule has 0 aliphatic rings. The zero-order valence-corrected chi connectivity index (χ0v) is 37.8. The zero-order valence-electron chi connectivity index (χ0n) is 37.8. The molecule has 0 aliphatic carbocycles. The Morgan fingerprint density at radius 3 is 1.33 bits per heavy atom. The van der Waals surface area contributed by atoms with Crippen LogP contribution in [0.2, 0.25) is 0 Å². The summed E-state index contributed by atoms with van der Waals surface area (Å²) in [5.74, 6) is -0.456. The van der Waals surface area contributed by atoms with E-state index in [4.69, 9.17) is 14.2 Å². The van der Waals surface area contributed by atoms with Crippen LogP contribution in [0.3, 0.4) is 0 Å². The summed E-state index contributed by atoms with van der Waals surface area (Å²) >= 11 is 0. The number of ether oxygens (including phenoxy) is 3. The van der Waals surface area contributed by atoms with Gasteiger partial charge in [-0.1, -0.05) is 176 Å². The molecule has 0 spiro atoms. The Bertz CT molecular complexity index is 1140.